The Morgan fingerprint density at radius 2 is 1.76 bits per heavy atom. The highest BCUT2D eigenvalue weighted by molar-refractivity contribution is 6.30. The molecule has 1 heterocycles. The van der Waals surface area contributed by atoms with Crippen LogP contribution in [0.4, 0.5) is 5.69 Å². The summed E-state index contributed by atoms with van der Waals surface area (Å²) in [6, 6.07) is 21.5. The molecular weight excluding hydrogens is 604 g/mol. The first-order valence-corrected chi connectivity index (χ1v) is 16.4. The third kappa shape index (κ3) is 9.71. The van der Waals surface area contributed by atoms with Crippen molar-refractivity contribution < 1.29 is 28.5 Å². The Hall–Kier alpha value is -3.59. The molecule has 0 spiro atoms. The van der Waals surface area contributed by atoms with E-state index in [1.54, 1.807) is 25.0 Å². The number of esters is 1. The monoisotopic (exact) mass is 650 g/mol. The fourth-order valence-corrected chi connectivity index (χ4v) is 5.77. The van der Waals surface area contributed by atoms with Crippen LogP contribution in [0.15, 0.2) is 66.7 Å². The Kier molecular flexibility index (Phi) is 12.9. The first-order chi connectivity index (χ1) is 22.1. The summed E-state index contributed by atoms with van der Waals surface area (Å²) in [7, 11) is 1.59. The van der Waals surface area contributed by atoms with Crippen LogP contribution in [-0.4, -0.2) is 57.9 Å². The number of nitrogens with zero attached hydrogens (tertiary/aromatic N) is 1. The number of para-hydroxylation sites is 1. The van der Waals surface area contributed by atoms with Gasteiger partial charge in [-0.2, -0.15) is 0 Å². The van der Waals surface area contributed by atoms with Crippen LogP contribution in [0.1, 0.15) is 69.8 Å². The summed E-state index contributed by atoms with van der Waals surface area (Å²) in [6.45, 7) is 10.8. The molecule has 3 aromatic rings. The highest BCUT2D eigenvalue weighted by Gasteiger charge is 2.40. The van der Waals surface area contributed by atoms with Crippen molar-refractivity contribution in [2.75, 3.05) is 44.9 Å². The van der Waals surface area contributed by atoms with Crippen LogP contribution < -0.4 is 19.7 Å². The molecule has 3 aromatic carbocycles. The van der Waals surface area contributed by atoms with Crippen LogP contribution in [0.5, 0.6) is 11.5 Å². The Morgan fingerprint density at radius 1 is 1.00 bits per heavy atom. The number of hydrogen-bond donors (Lipinski definition) is 1. The number of aryl methyl sites for hydroxylation is 1. The van der Waals surface area contributed by atoms with Crippen molar-refractivity contribution in [3.8, 4) is 11.5 Å². The van der Waals surface area contributed by atoms with E-state index >= 15 is 0 Å². The fraction of sp³-hybridized carbons (Fsp3) is 0.459. The van der Waals surface area contributed by atoms with Crippen molar-refractivity contribution in [1.29, 1.82) is 0 Å². The molecule has 0 saturated heterocycles. The summed E-state index contributed by atoms with van der Waals surface area (Å²) in [5.74, 6) is 0.259. The summed E-state index contributed by atoms with van der Waals surface area (Å²) < 4.78 is 23.9. The summed E-state index contributed by atoms with van der Waals surface area (Å²) in [5.41, 5.74) is 3.16. The molecule has 0 unspecified atom stereocenters. The lowest BCUT2D eigenvalue weighted by Gasteiger charge is -2.31. The van der Waals surface area contributed by atoms with E-state index in [1.807, 2.05) is 36.4 Å². The molecule has 4 rings (SSSR count). The van der Waals surface area contributed by atoms with Crippen LogP contribution in [-0.2, 0) is 25.5 Å². The molecule has 1 N–H and O–H groups in total. The lowest BCUT2D eigenvalue weighted by molar-refractivity contribution is -0.151. The maximum absolute atomic E-state index is 14.0. The highest BCUT2D eigenvalue weighted by atomic mass is 35.5. The van der Waals surface area contributed by atoms with Crippen molar-refractivity contribution in [3.63, 3.8) is 0 Å². The van der Waals surface area contributed by atoms with Gasteiger partial charge in [-0.1, -0.05) is 74.8 Å². The van der Waals surface area contributed by atoms with E-state index < -0.39 is 18.2 Å². The molecule has 0 aromatic heterocycles. The van der Waals surface area contributed by atoms with Crippen LogP contribution in [0.2, 0.25) is 5.02 Å². The first kappa shape index (κ1) is 35.3. The number of carbonyl (C=O) groups is 2. The molecule has 46 heavy (non-hydrogen) atoms. The second-order valence-corrected chi connectivity index (χ2v) is 13.1. The van der Waals surface area contributed by atoms with Crippen molar-refractivity contribution in [3.05, 3.63) is 88.4 Å². The third-order valence-corrected chi connectivity index (χ3v) is 7.84. The van der Waals surface area contributed by atoms with Gasteiger partial charge in [-0.15, -0.1) is 0 Å². The lowest BCUT2D eigenvalue weighted by Crippen LogP contribution is -2.44. The topological polar surface area (TPSA) is 86.3 Å². The van der Waals surface area contributed by atoms with Gasteiger partial charge in [-0.25, -0.2) is 0 Å². The number of amides is 1. The van der Waals surface area contributed by atoms with Gasteiger partial charge in [-0.3, -0.25) is 9.59 Å². The Balaban J connectivity index is 1.54. The molecule has 0 aliphatic carbocycles. The smallest absolute Gasteiger partial charge is 0.308 e. The fourth-order valence-electron chi connectivity index (χ4n) is 5.59. The predicted molar refractivity (Wildman–Crippen MR) is 182 cm³/mol. The van der Waals surface area contributed by atoms with Crippen molar-refractivity contribution >= 4 is 29.2 Å². The Labute approximate surface area is 278 Å². The maximum atomic E-state index is 14.0. The van der Waals surface area contributed by atoms with Crippen molar-refractivity contribution in [2.45, 2.75) is 65.6 Å². The molecule has 0 bridgehead atoms. The van der Waals surface area contributed by atoms with Gasteiger partial charge in [0.15, 0.2) is 11.5 Å². The number of carbonyl (C=O) groups excluding carboxylic acids is 2. The number of rotatable bonds is 15. The summed E-state index contributed by atoms with van der Waals surface area (Å²) >= 11 is 6.53. The summed E-state index contributed by atoms with van der Waals surface area (Å²) in [6.07, 6.45) is 0.857. The normalized spacial score (nSPS) is 16.5. The quantitative estimate of drug-likeness (QED) is 0.138. The van der Waals surface area contributed by atoms with Gasteiger partial charge in [0, 0.05) is 28.4 Å². The molecule has 1 amide bonds. The number of benzene rings is 3. The van der Waals surface area contributed by atoms with Crippen LogP contribution in [0, 0.1) is 5.41 Å². The van der Waals surface area contributed by atoms with Crippen molar-refractivity contribution in [2.24, 2.45) is 5.41 Å². The maximum Gasteiger partial charge on any atom is 0.308 e. The Bertz CT molecular complexity index is 1440. The van der Waals surface area contributed by atoms with Gasteiger partial charge in [0.05, 0.1) is 26.7 Å². The minimum absolute atomic E-state index is 0.209. The molecule has 0 fully saturated rings. The van der Waals surface area contributed by atoms with Gasteiger partial charge in [-0.05, 0) is 74.5 Å². The van der Waals surface area contributed by atoms with Crippen molar-refractivity contribution in [1.82, 2.24) is 5.32 Å². The summed E-state index contributed by atoms with van der Waals surface area (Å²) in [4.78, 5) is 28.4. The minimum atomic E-state index is -1.08. The van der Waals surface area contributed by atoms with E-state index in [0.717, 1.165) is 32.4 Å². The Morgan fingerprint density at radius 3 is 2.48 bits per heavy atom. The number of nitrogens with one attached hydrogen (secondary N) is 1. The number of halogens is 1. The lowest BCUT2D eigenvalue weighted by atomic mass is 9.94. The van der Waals surface area contributed by atoms with Crippen LogP contribution in [0.3, 0.4) is 0 Å². The number of ether oxygens (including phenoxy) is 4. The van der Waals surface area contributed by atoms with Gasteiger partial charge < -0.3 is 29.2 Å². The van der Waals surface area contributed by atoms with Crippen LogP contribution in [0.25, 0.3) is 0 Å². The standard InChI is InChI=1S/C37H47ClN2O6/c1-6-44-33(41)24-32-36(42)40(25-37(2,3)4)30-19-18-27(38)23-29(30)34(46-32)28-16-10-17-31(35(28)43-5)45-22-12-21-39-20-11-15-26-13-8-7-9-14-26/h7-10,13-14,16-19,23,32,34,39H,6,11-12,15,20-22,24-25H2,1-5H3/t32-,34-/m1/s1. The molecule has 248 valence electrons. The zero-order valence-corrected chi connectivity index (χ0v) is 28.4. The molecule has 0 radical (unpaired) electrons. The zero-order valence-electron chi connectivity index (χ0n) is 27.6. The highest BCUT2D eigenvalue weighted by Crippen LogP contribution is 2.45. The average molecular weight is 651 g/mol. The van der Waals surface area contributed by atoms with Gasteiger partial charge in [0.1, 0.15) is 12.2 Å². The predicted octanol–water partition coefficient (Wildman–Crippen LogP) is 7.16. The average Bonchev–Trinajstić information content (AvgIpc) is 3.12. The SMILES string of the molecule is CCOC(=O)C[C@H]1O[C@H](c2cccc(OCCCNCCCc3ccccc3)c2OC)c2cc(Cl)ccc2N(CC(C)(C)C)C1=O. The van der Waals surface area contributed by atoms with E-state index in [4.69, 9.17) is 30.5 Å². The summed E-state index contributed by atoms with van der Waals surface area (Å²) in [5, 5.41) is 3.99. The zero-order chi connectivity index (χ0) is 33.1. The third-order valence-electron chi connectivity index (χ3n) is 7.61. The van der Waals surface area contributed by atoms with Gasteiger partial charge in [0.25, 0.3) is 5.91 Å². The number of fused-ring (bicyclic) bond motifs is 1. The molecule has 9 heteroatoms. The number of anilines is 1. The molecular formula is C37H47ClN2O6. The van der Waals surface area contributed by atoms with E-state index in [2.05, 4.69) is 50.4 Å². The molecule has 0 saturated carbocycles. The van der Waals surface area contributed by atoms with E-state index in [-0.39, 0.29) is 24.3 Å². The molecule has 8 nitrogen and oxygen atoms in total. The molecule has 1 aliphatic heterocycles. The van der Waals surface area contributed by atoms with Gasteiger partial charge in [0.2, 0.25) is 0 Å². The number of methoxy groups -OCH3 is 1. The van der Waals surface area contributed by atoms with E-state index in [1.165, 1.54) is 5.56 Å². The van der Waals surface area contributed by atoms with Crippen LogP contribution >= 0.6 is 11.6 Å². The second-order valence-electron chi connectivity index (χ2n) is 12.6. The van der Waals surface area contributed by atoms with Gasteiger partial charge >= 0.3 is 5.97 Å². The second kappa shape index (κ2) is 16.8. The number of hydrogen-bond acceptors (Lipinski definition) is 7. The molecule has 2 atom stereocenters. The van der Waals surface area contributed by atoms with E-state index in [9.17, 15) is 9.59 Å². The first-order valence-electron chi connectivity index (χ1n) is 16.1. The largest absolute Gasteiger partial charge is 0.492 e. The molecule has 1 aliphatic rings. The van der Waals surface area contributed by atoms with E-state index in [0.29, 0.717) is 46.5 Å². The minimum Gasteiger partial charge on any atom is -0.492 e.